The van der Waals surface area contributed by atoms with Gasteiger partial charge in [-0.05, 0) is 31.9 Å². The van der Waals surface area contributed by atoms with Gasteiger partial charge in [0.25, 0.3) is 5.91 Å². The number of fused-ring (bicyclic) bond motifs is 1. The molecule has 7 nitrogen and oxygen atoms in total. The summed E-state index contributed by atoms with van der Waals surface area (Å²) in [7, 11) is 1.81. The van der Waals surface area contributed by atoms with Crippen molar-refractivity contribution >= 4 is 11.8 Å². The van der Waals surface area contributed by atoms with Gasteiger partial charge in [0, 0.05) is 42.8 Å². The van der Waals surface area contributed by atoms with Crippen molar-refractivity contribution in [2.45, 2.75) is 58.1 Å². The molecule has 0 bridgehead atoms. The zero-order valence-corrected chi connectivity index (χ0v) is 21.3. The lowest BCUT2D eigenvalue weighted by Crippen LogP contribution is -2.51. The number of carbonyl (C=O) groups excluding carboxylic acids is 2. The zero-order chi connectivity index (χ0) is 25.8. The zero-order valence-electron chi connectivity index (χ0n) is 21.3. The number of carbonyl (C=O) groups is 2. The van der Waals surface area contributed by atoms with Crippen molar-refractivity contribution in [2.24, 2.45) is 11.8 Å². The molecule has 0 radical (unpaired) electrons. The maximum absolute atomic E-state index is 14.5. The highest BCUT2D eigenvalue weighted by atomic mass is 19.1. The van der Waals surface area contributed by atoms with Crippen LogP contribution >= 0.6 is 0 Å². The van der Waals surface area contributed by atoms with Crippen molar-refractivity contribution in [3.63, 3.8) is 0 Å². The lowest BCUT2D eigenvalue weighted by Gasteiger charge is -2.38. The molecule has 1 N–H and O–H groups in total. The van der Waals surface area contributed by atoms with Crippen molar-refractivity contribution in [1.29, 1.82) is 0 Å². The number of benzene rings is 1. The van der Waals surface area contributed by atoms with E-state index in [1.165, 1.54) is 18.7 Å². The Bertz CT molecular complexity index is 1090. The Balaban J connectivity index is 1.66. The van der Waals surface area contributed by atoms with E-state index in [1.54, 1.807) is 48.0 Å². The lowest BCUT2D eigenvalue weighted by molar-refractivity contribution is -0.136. The summed E-state index contributed by atoms with van der Waals surface area (Å²) in [4.78, 5) is 34.5. The number of hydrogen-bond donors (Lipinski definition) is 1. The molecule has 1 aliphatic heterocycles. The third kappa shape index (κ3) is 5.53. The first kappa shape index (κ1) is 26.1. The van der Waals surface area contributed by atoms with E-state index in [-0.39, 0.29) is 41.7 Å². The van der Waals surface area contributed by atoms with Gasteiger partial charge in [0.05, 0.1) is 19.2 Å². The summed E-state index contributed by atoms with van der Waals surface area (Å²) >= 11 is 0. The molecule has 2 aliphatic rings. The van der Waals surface area contributed by atoms with E-state index in [1.807, 2.05) is 6.92 Å². The van der Waals surface area contributed by atoms with Gasteiger partial charge in [0.15, 0.2) is 0 Å². The molecular formula is C28H36FN3O4. The van der Waals surface area contributed by atoms with Crippen LogP contribution in [0.15, 0.2) is 36.5 Å². The van der Waals surface area contributed by atoms with Crippen LogP contribution in [0.5, 0.6) is 5.88 Å². The van der Waals surface area contributed by atoms with Crippen LogP contribution in [0.25, 0.3) is 11.1 Å². The third-order valence-corrected chi connectivity index (χ3v) is 7.49. The van der Waals surface area contributed by atoms with Crippen LogP contribution in [-0.2, 0) is 4.79 Å². The molecule has 4 rings (SSSR count). The summed E-state index contributed by atoms with van der Waals surface area (Å²) in [5.74, 6) is -0.514. The van der Waals surface area contributed by atoms with E-state index >= 15 is 0 Å². The molecule has 1 fully saturated rings. The van der Waals surface area contributed by atoms with Crippen molar-refractivity contribution in [1.82, 2.24) is 14.8 Å². The molecule has 2 heterocycles. The van der Waals surface area contributed by atoms with Crippen LogP contribution < -0.4 is 4.74 Å². The Morgan fingerprint density at radius 1 is 1.25 bits per heavy atom. The highest BCUT2D eigenvalue weighted by molar-refractivity contribution is 5.98. The molecular weight excluding hydrogens is 461 g/mol. The summed E-state index contributed by atoms with van der Waals surface area (Å²) in [5, 5.41) is 9.86. The van der Waals surface area contributed by atoms with Crippen molar-refractivity contribution in [2.75, 3.05) is 26.7 Å². The van der Waals surface area contributed by atoms with Crippen LogP contribution in [0.4, 0.5) is 4.39 Å². The second-order valence-corrected chi connectivity index (χ2v) is 10.2. The minimum Gasteiger partial charge on any atom is -0.472 e. The molecule has 8 heteroatoms. The number of aromatic nitrogens is 1. The van der Waals surface area contributed by atoms with Gasteiger partial charge in [-0.15, -0.1) is 0 Å². The SMILES string of the molecule is C[C@H]1CN([C@@H](C)CO)C(=O)c2cc(-c3ccccc3F)cnc2O[C@H]1CN(C)C(=O)C1CCCCC1. The van der Waals surface area contributed by atoms with E-state index in [2.05, 4.69) is 4.98 Å². The first-order valence-corrected chi connectivity index (χ1v) is 12.9. The second-order valence-electron chi connectivity index (χ2n) is 10.2. The van der Waals surface area contributed by atoms with Gasteiger partial charge in [-0.2, -0.15) is 0 Å². The molecule has 0 saturated heterocycles. The van der Waals surface area contributed by atoms with Gasteiger partial charge in [-0.1, -0.05) is 44.4 Å². The number of nitrogens with zero attached hydrogens (tertiary/aromatic N) is 3. The Labute approximate surface area is 212 Å². The van der Waals surface area contributed by atoms with Gasteiger partial charge < -0.3 is 19.6 Å². The molecule has 2 aromatic rings. The monoisotopic (exact) mass is 497 g/mol. The largest absolute Gasteiger partial charge is 0.472 e. The molecule has 1 aliphatic carbocycles. The van der Waals surface area contributed by atoms with Gasteiger partial charge in [0.1, 0.15) is 17.5 Å². The number of pyridine rings is 1. The number of hydrogen-bond acceptors (Lipinski definition) is 5. The topological polar surface area (TPSA) is 83.0 Å². The van der Waals surface area contributed by atoms with E-state index in [4.69, 9.17) is 4.74 Å². The Morgan fingerprint density at radius 3 is 2.67 bits per heavy atom. The lowest BCUT2D eigenvalue weighted by atomic mass is 9.88. The summed E-state index contributed by atoms with van der Waals surface area (Å²) in [5.41, 5.74) is 1.02. The van der Waals surface area contributed by atoms with Crippen molar-refractivity contribution in [3.05, 3.63) is 47.9 Å². The van der Waals surface area contributed by atoms with E-state index in [9.17, 15) is 19.1 Å². The molecule has 0 unspecified atom stereocenters. The van der Waals surface area contributed by atoms with Gasteiger partial charge in [-0.3, -0.25) is 9.59 Å². The number of ether oxygens (including phenoxy) is 1. The fourth-order valence-electron chi connectivity index (χ4n) is 5.18. The van der Waals surface area contributed by atoms with Crippen LogP contribution in [0.2, 0.25) is 0 Å². The predicted molar refractivity (Wildman–Crippen MR) is 135 cm³/mol. The Hall–Kier alpha value is -3.00. The number of aliphatic hydroxyl groups excluding tert-OH is 1. The summed E-state index contributed by atoms with van der Waals surface area (Å²) in [6, 6.07) is 7.51. The molecule has 1 aromatic heterocycles. The standard InChI is InChI=1S/C28H36FN3O4/c1-18-15-32(19(2)17-33)28(35)23-13-21(22-11-7-8-12-24(22)29)14-30-26(23)36-25(18)16-31(3)27(34)20-9-5-4-6-10-20/h7-8,11-14,18-20,25,33H,4-6,9-10,15-17H2,1-3H3/t18-,19-,25-/m0/s1. The molecule has 2 amide bonds. The Kier molecular flexibility index (Phi) is 8.24. The number of amides is 2. The van der Waals surface area contributed by atoms with E-state index in [0.717, 1.165) is 25.7 Å². The van der Waals surface area contributed by atoms with E-state index in [0.29, 0.717) is 24.2 Å². The minimum absolute atomic E-state index is 0.0498. The highest BCUT2D eigenvalue weighted by Crippen LogP contribution is 2.32. The predicted octanol–water partition coefficient (Wildman–Crippen LogP) is 4.15. The third-order valence-electron chi connectivity index (χ3n) is 7.49. The molecule has 36 heavy (non-hydrogen) atoms. The highest BCUT2D eigenvalue weighted by Gasteiger charge is 2.35. The van der Waals surface area contributed by atoms with Crippen LogP contribution in [-0.4, -0.2) is 70.6 Å². The molecule has 194 valence electrons. The smallest absolute Gasteiger partial charge is 0.259 e. The van der Waals surface area contributed by atoms with Gasteiger partial charge in [0.2, 0.25) is 11.8 Å². The molecule has 1 saturated carbocycles. The average Bonchev–Trinajstić information content (AvgIpc) is 2.90. The van der Waals surface area contributed by atoms with Crippen LogP contribution in [0, 0.1) is 17.7 Å². The minimum atomic E-state index is -0.426. The summed E-state index contributed by atoms with van der Waals surface area (Å²) in [6.45, 7) is 4.28. The van der Waals surface area contributed by atoms with Crippen molar-refractivity contribution in [3.8, 4) is 17.0 Å². The molecule has 0 spiro atoms. The van der Waals surface area contributed by atoms with Crippen LogP contribution in [0.3, 0.4) is 0 Å². The number of rotatable bonds is 6. The quantitative estimate of drug-likeness (QED) is 0.649. The number of aliphatic hydroxyl groups is 1. The fourth-order valence-corrected chi connectivity index (χ4v) is 5.18. The number of likely N-dealkylation sites (N-methyl/N-ethyl adjacent to an activating group) is 1. The van der Waals surface area contributed by atoms with Crippen LogP contribution in [0.1, 0.15) is 56.3 Å². The first-order valence-electron chi connectivity index (χ1n) is 12.9. The first-order chi connectivity index (χ1) is 17.3. The maximum atomic E-state index is 14.5. The number of halogens is 1. The average molecular weight is 498 g/mol. The fraction of sp³-hybridized carbons (Fsp3) is 0.536. The normalized spacial score (nSPS) is 21.7. The van der Waals surface area contributed by atoms with Crippen molar-refractivity contribution < 1.29 is 23.8 Å². The maximum Gasteiger partial charge on any atom is 0.259 e. The van der Waals surface area contributed by atoms with Gasteiger partial charge in [-0.25, -0.2) is 9.37 Å². The Morgan fingerprint density at radius 2 is 1.97 bits per heavy atom. The second kappa shape index (κ2) is 11.4. The van der Waals surface area contributed by atoms with E-state index < -0.39 is 18.0 Å². The molecule has 3 atom stereocenters. The summed E-state index contributed by atoms with van der Waals surface area (Å²) < 4.78 is 20.8. The molecule has 1 aromatic carbocycles. The summed E-state index contributed by atoms with van der Waals surface area (Å²) in [6.07, 6.45) is 6.28. The van der Waals surface area contributed by atoms with Gasteiger partial charge >= 0.3 is 0 Å².